The molecule has 0 aliphatic rings. The third kappa shape index (κ3) is 3.10. The maximum Gasteiger partial charge on any atom is 0.230 e. The molecule has 1 aromatic carbocycles. The van der Waals surface area contributed by atoms with E-state index in [2.05, 4.69) is 4.98 Å². The van der Waals surface area contributed by atoms with Crippen molar-refractivity contribution in [2.45, 2.75) is 19.3 Å². The average Bonchev–Trinajstić information content (AvgIpc) is 3.04. The molecular formula is C19H17ClN2O3. The number of carbonyl (C=O) groups excluding carboxylic acids is 1. The molecule has 0 aliphatic carbocycles. The van der Waals surface area contributed by atoms with Crippen LogP contribution in [0.3, 0.4) is 0 Å². The van der Waals surface area contributed by atoms with Gasteiger partial charge in [-0.1, -0.05) is 17.7 Å². The van der Waals surface area contributed by atoms with Gasteiger partial charge in [0.15, 0.2) is 0 Å². The summed E-state index contributed by atoms with van der Waals surface area (Å²) < 4.78 is 6.01. The molecule has 0 bridgehead atoms. The van der Waals surface area contributed by atoms with Gasteiger partial charge in [0.2, 0.25) is 5.91 Å². The average molecular weight is 357 g/mol. The van der Waals surface area contributed by atoms with E-state index in [9.17, 15) is 9.90 Å². The SMILES string of the molecule is CC(C)(C(N)=O)c1cc(-c2ccc(Cl)c(O)c2)c(-c2ccncc2)o1. The van der Waals surface area contributed by atoms with Crippen LogP contribution in [0.4, 0.5) is 0 Å². The summed E-state index contributed by atoms with van der Waals surface area (Å²) in [5.74, 6) is 0.481. The van der Waals surface area contributed by atoms with Gasteiger partial charge in [-0.05, 0) is 49.7 Å². The van der Waals surface area contributed by atoms with Crippen molar-refractivity contribution in [3.63, 3.8) is 0 Å². The van der Waals surface area contributed by atoms with Crippen molar-refractivity contribution in [2.75, 3.05) is 0 Å². The zero-order chi connectivity index (χ0) is 18.2. The summed E-state index contributed by atoms with van der Waals surface area (Å²) in [6.45, 7) is 3.40. The number of hydrogen-bond donors (Lipinski definition) is 2. The summed E-state index contributed by atoms with van der Waals surface area (Å²) in [5, 5.41) is 10.2. The number of phenols is 1. The van der Waals surface area contributed by atoms with Crippen molar-refractivity contribution in [2.24, 2.45) is 5.73 Å². The number of halogens is 1. The van der Waals surface area contributed by atoms with Crippen molar-refractivity contribution in [1.29, 1.82) is 0 Å². The summed E-state index contributed by atoms with van der Waals surface area (Å²) in [7, 11) is 0. The lowest BCUT2D eigenvalue weighted by Crippen LogP contribution is -2.35. The molecule has 3 N–H and O–H groups in total. The Balaban J connectivity index is 2.24. The number of primary amides is 1. The van der Waals surface area contributed by atoms with Crippen molar-refractivity contribution in [3.8, 4) is 28.2 Å². The number of phenolic OH excluding ortho intramolecular Hbond substituents is 1. The number of nitrogens with two attached hydrogens (primary N) is 1. The van der Waals surface area contributed by atoms with Crippen LogP contribution < -0.4 is 5.73 Å². The second kappa shape index (κ2) is 6.26. The lowest BCUT2D eigenvalue weighted by Gasteiger charge is -2.16. The number of amides is 1. The van der Waals surface area contributed by atoms with E-state index in [1.807, 2.05) is 0 Å². The van der Waals surface area contributed by atoms with Crippen LogP contribution in [0.1, 0.15) is 19.6 Å². The maximum atomic E-state index is 11.8. The molecule has 25 heavy (non-hydrogen) atoms. The molecule has 3 rings (SSSR count). The van der Waals surface area contributed by atoms with Crippen LogP contribution in [0.5, 0.6) is 5.75 Å². The number of aromatic nitrogens is 1. The highest BCUT2D eigenvalue weighted by Crippen LogP contribution is 2.40. The van der Waals surface area contributed by atoms with Gasteiger partial charge in [-0.25, -0.2) is 0 Å². The molecular weight excluding hydrogens is 340 g/mol. The highest BCUT2D eigenvalue weighted by molar-refractivity contribution is 6.32. The Morgan fingerprint density at radius 3 is 2.44 bits per heavy atom. The van der Waals surface area contributed by atoms with E-state index in [0.29, 0.717) is 17.1 Å². The topological polar surface area (TPSA) is 89.4 Å². The highest BCUT2D eigenvalue weighted by atomic mass is 35.5. The minimum Gasteiger partial charge on any atom is -0.506 e. The van der Waals surface area contributed by atoms with Crippen molar-refractivity contribution < 1.29 is 14.3 Å². The molecule has 0 unspecified atom stereocenters. The Bertz CT molecular complexity index is 933. The molecule has 3 aromatic rings. The van der Waals surface area contributed by atoms with Crippen LogP contribution >= 0.6 is 11.6 Å². The standard InChI is InChI=1S/C19H17ClN2O3/c1-19(2,18(21)24)16-10-13(12-3-4-14(20)15(23)9-12)17(25-16)11-5-7-22-8-6-11/h3-10,23H,1-2H3,(H2,21,24). The monoisotopic (exact) mass is 356 g/mol. The lowest BCUT2D eigenvalue weighted by molar-refractivity contribution is -0.122. The van der Waals surface area contributed by atoms with Gasteiger partial charge in [0, 0.05) is 23.5 Å². The molecule has 2 aromatic heterocycles. The predicted molar refractivity (Wildman–Crippen MR) is 96.3 cm³/mol. The summed E-state index contributed by atoms with van der Waals surface area (Å²) >= 11 is 5.90. The third-order valence-corrected chi connectivity index (χ3v) is 4.48. The predicted octanol–water partition coefficient (Wildman–Crippen LogP) is 4.13. The van der Waals surface area contributed by atoms with Gasteiger partial charge in [0.1, 0.15) is 22.7 Å². The number of hydrogen-bond acceptors (Lipinski definition) is 4. The molecule has 1 amide bonds. The Morgan fingerprint density at radius 1 is 1.16 bits per heavy atom. The first-order valence-corrected chi connectivity index (χ1v) is 8.02. The molecule has 6 heteroatoms. The number of furan rings is 1. The molecule has 128 valence electrons. The van der Waals surface area contributed by atoms with Crippen molar-refractivity contribution in [1.82, 2.24) is 4.98 Å². The van der Waals surface area contributed by atoms with Gasteiger partial charge in [-0.3, -0.25) is 9.78 Å². The van der Waals surface area contributed by atoms with E-state index in [1.54, 1.807) is 62.6 Å². The quantitative estimate of drug-likeness (QED) is 0.735. The summed E-state index contributed by atoms with van der Waals surface area (Å²) in [5.41, 5.74) is 6.77. The van der Waals surface area contributed by atoms with Gasteiger partial charge in [0.05, 0.1) is 5.02 Å². The van der Waals surface area contributed by atoms with E-state index in [0.717, 1.165) is 11.1 Å². The number of carbonyl (C=O) groups is 1. The Labute approximate surface area is 150 Å². The summed E-state index contributed by atoms with van der Waals surface area (Å²) in [6, 6.07) is 10.3. The van der Waals surface area contributed by atoms with Gasteiger partial charge < -0.3 is 15.3 Å². The van der Waals surface area contributed by atoms with Crippen LogP contribution in [0.15, 0.2) is 53.2 Å². The fourth-order valence-corrected chi connectivity index (χ4v) is 2.55. The molecule has 5 nitrogen and oxygen atoms in total. The van der Waals surface area contributed by atoms with Crippen LogP contribution in [0, 0.1) is 0 Å². The van der Waals surface area contributed by atoms with Crippen LogP contribution in [-0.4, -0.2) is 16.0 Å². The number of aromatic hydroxyl groups is 1. The largest absolute Gasteiger partial charge is 0.506 e. The van der Waals surface area contributed by atoms with E-state index < -0.39 is 11.3 Å². The van der Waals surface area contributed by atoms with E-state index in [1.165, 1.54) is 0 Å². The van der Waals surface area contributed by atoms with E-state index >= 15 is 0 Å². The fraction of sp³-hybridized carbons (Fsp3) is 0.158. The molecule has 0 radical (unpaired) electrons. The molecule has 2 heterocycles. The second-order valence-corrected chi connectivity index (χ2v) is 6.65. The Hall–Kier alpha value is -2.79. The summed E-state index contributed by atoms with van der Waals surface area (Å²) in [4.78, 5) is 15.8. The van der Waals surface area contributed by atoms with Crippen LogP contribution in [0.2, 0.25) is 5.02 Å². The minimum absolute atomic E-state index is 0.0308. The highest BCUT2D eigenvalue weighted by Gasteiger charge is 2.33. The summed E-state index contributed by atoms with van der Waals surface area (Å²) in [6.07, 6.45) is 3.31. The van der Waals surface area contributed by atoms with E-state index in [4.69, 9.17) is 21.8 Å². The second-order valence-electron chi connectivity index (χ2n) is 6.24. The van der Waals surface area contributed by atoms with E-state index in [-0.39, 0.29) is 10.8 Å². The normalized spacial score (nSPS) is 11.5. The van der Waals surface area contributed by atoms with Gasteiger partial charge in [-0.15, -0.1) is 0 Å². The van der Waals surface area contributed by atoms with Gasteiger partial charge in [-0.2, -0.15) is 0 Å². The van der Waals surface area contributed by atoms with Gasteiger partial charge >= 0.3 is 0 Å². The first-order chi connectivity index (χ1) is 11.8. The van der Waals surface area contributed by atoms with Crippen LogP contribution in [0.25, 0.3) is 22.5 Å². The molecule has 0 fully saturated rings. The zero-order valence-corrected chi connectivity index (χ0v) is 14.5. The Kier molecular flexibility index (Phi) is 4.27. The molecule has 0 atom stereocenters. The number of pyridine rings is 1. The zero-order valence-electron chi connectivity index (χ0n) is 13.8. The number of rotatable bonds is 4. The van der Waals surface area contributed by atoms with Crippen molar-refractivity contribution >= 4 is 17.5 Å². The molecule has 0 aliphatic heterocycles. The van der Waals surface area contributed by atoms with Crippen LogP contribution in [-0.2, 0) is 10.2 Å². The smallest absolute Gasteiger partial charge is 0.230 e. The molecule has 0 spiro atoms. The minimum atomic E-state index is -0.978. The first-order valence-electron chi connectivity index (χ1n) is 7.64. The first kappa shape index (κ1) is 17.0. The van der Waals surface area contributed by atoms with Gasteiger partial charge in [0.25, 0.3) is 0 Å². The third-order valence-electron chi connectivity index (χ3n) is 4.16. The van der Waals surface area contributed by atoms with Crippen molar-refractivity contribution in [3.05, 3.63) is 59.6 Å². The fourth-order valence-electron chi connectivity index (χ4n) is 2.43. The lowest BCUT2D eigenvalue weighted by atomic mass is 9.89. The molecule has 0 saturated heterocycles. The Morgan fingerprint density at radius 2 is 1.84 bits per heavy atom. The number of benzene rings is 1. The maximum absolute atomic E-state index is 11.8. The number of nitrogens with zero attached hydrogens (tertiary/aromatic N) is 1. The molecule has 0 saturated carbocycles.